The first-order chi connectivity index (χ1) is 9.40. The second kappa shape index (κ2) is 5.64. The Balaban J connectivity index is 2.22. The molecular weight excluding hydrogens is 276 g/mol. The van der Waals surface area contributed by atoms with E-state index in [9.17, 15) is 8.42 Å². The lowest BCUT2D eigenvalue weighted by Gasteiger charge is -2.10. The molecule has 0 atom stereocenters. The minimum atomic E-state index is -3.19. The van der Waals surface area contributed by atoms with E-state index in [1.165, 1.54) is 18.4 Å². The SMILES string of the molecule is Cc1cc(CO)ccc1Oc1ccc(S(C)(=O)=O)cc1. The molecule has 0 aliphatic carbocycles. The van der Waals surface area contributed by atoms with Crippen molar-refractivity contribution >= 4 is 9.84 Å². The summed E-state index contributed by atoms with van der Waals surface area (Å²) < 4.78 is 28.4. The van der Waals surface area contributed by atoms with E-state index in [0.29, 0.717) is 11.5 Å². The standard InChI is InChI=1S/C15H16O4S/c1-11-9-12(10-16)3-8-15(11)19-13-4-6-14(7-5-13)20(2,17)18/h3-9,16H,10H2,1-2H3. The number of benzene rings is 2. The molecule has 0 bridgehead atoms. The maximum Gasteiger partial charge on any atom is 0.175 e. The molecule has 0 spiro atoms. The van der Waals surface area contributed by atoms with Gasteiger partial charge in [0.25, 0.3) is 0 Å². The van der Waals surface area contributed by atoms with Gasteiger partial charge in [0, 0.05) is 6.26 Å². The Hall–Kier alpha value is -1.85. The fraction of sp³-hybridized carbons (Fsp3) is 0.200. The summed E-state index contributed by atoms with van der Waals surface area (Å²) in [7, 11) is -3.19. The zero-order valence-electron chi connectivity index (χ0n) is 11.3. The predicted octanol–water partition coefficient (Wildman–Crippen LogP) is 2.68. The first-order valence-electron chi connectivity index (χ1n) is 6.08. The molecule has 106 valence electrons. The molecule has 0 saturated heterocycles. The van der Waals surface area contributed by atoms with Crippen LogP contribution in [0.15, 0.2) is 47.4 Å². The monoisotopic (exact) mass is 292 g/mol. The molecule has 0 radical (unpaired) electrons. The zero-order chi connectivity index (χ0) is 14.8. The van der Waals surface area contributed by atoms with Crippen molar-refractivity contribution in [3.8, 4) is 11.5 Å². The Morgan fingerprint density at radius 2 is 1.75 bits per heavy atom. The van der Waals surface area contributed by atoms with Crippen LogP contribution in [0.4, 0.5) is 0 Å². The molecule has 0 heterocycles. The minimum Gasteiger partial charge on any atom is -0.457 e. The van der Waals surface area contributed by atoms with Crippen LogP contribution in [0.1, 0.15) is 11.1 Å². The Morgan fingerprint density at radius 3 is 2.25 bits per heavy atom. The van der Waals surface area contributed by atoms with E-state index in [1.807, 2.05) is 13.0 Å². The molecule has 1 N–H and O–H groups in total. The fourth-order valence-electron chi connectivity index (χ4n) is 1.81. The predicted molar refractivity (Wildman–Crippen MR) is 76.7 cm³/mol. The van der Waals surface area contributed by atoms with Gasteiger partial charge in [0.1, 0.15) is 11.5 Å². The van der Waals surface area contributed by atoms with Gasteiger partial charge < -0.3 is 9.84 Å². The molecule has 0 aliphatic rings. The van der Waals surface area contributed by atoms with Crippen molar-refractivity contribution in [1.82, 2.24) is 0 Å². The number of aryl methyl sites for hydroxylation is 1. The third-order valence-electron chi connectivity index (χ3n) is 2.90. The van der Waals surface area contributed by atoms with E-state index < -0.39 is 9.84 Å². The average Bonchev–Trinajstić information content (AvgIpc) is 2.40. The number of rotatable bonds is 4. The summed E-state index contributed by atoms with van der Waals surface area (Å²) in [5.74, 6) is 1.24. The summed E-state index contributed by atoms with van der Waals surface area (Å²) in [5, 5.41) is 9.05. The van der Waals surface area contributed by atoms with E-state index >= 15 is 0 Å². The summed E-state index contributed by atoms with van der Waals surface area (Å²) in [5.41, 5.74) is 1.73. The summed E-state index contributed by atoms with van der Waals surface area (Å²) in [4.78, 5) is 0.261. The van der Waals surface area contributed by atoms with Crippen LogP contribution in [0.2, 0.25) is 0 Å². The van der Waals surface area contributed by atoms with E-state index in [4.69, 9.17) is 9.84 Å². The smallest absolute Gasteiger partial charge is 0.175 e. The van der Waals surface area contributed by atoms with E-state index in [0.717, 1.165) is 11.1 Å². The molecule has 2 aromatic rings. The average molecular weight is 292 g/mol. The molecule has 0 amide bonds. The third kappa shape index (κ3) is 3.37. The number of aliphatic hydroxyl groups excluding tert-OH is 1. The molecule has 5 heteroatoms. The largest absolute Gasteiger partial charge is 0.457 e. The normalized spacial score (nSPS) is 11.3. The van der Waals surface area contributed by atoms with Crippen LogP contribution in [0.25, 0.3) is 0 Å². The molecule has 20 heavy (non-hydrogen) atoms. The van der Waals surface area contributed by atoms with E-state index in [1.54, 1.807) is 24.3 Å². The minimum absolute atomic E-state index is 0.00975. The van der Waals surface area contributed by atoms with Crippen LogP contribution < -0.4 is 4.74 Å². The third-order valence-corrected chi connectivity index (χ3v) is 4.03. The highest BCUT2D eigenvalue weighted by Crippen LogP contribution is 2.26. The topological polar surface area (TPSA) is 63.6 Å². The first-order valence-corrected chi connectivity index (χ1v) is 7.97. The molecule has 2 rings (SSSR count). The van der Waals surface area contributed by atoms with Gasteiger partial charge in [-0.15, -0.1) is 0 Å². The van der Waals surface area contributed by atoms with Gasteiger partial charge in [0.2, 0.25) is 0 Å². The number of ether oxygens (including phenoxy) is 1. The van der Waals surface area contributed by atoms with Gasteiger partial charge in [-0.25, -0.2) is 8.42 Å². The molecule has 0 fully saturated rings. The molecule has 4 nitrogen and oxygen atoms in total. The van der Waals surface area contributed by atoms with Crippen molar-refractivity contribution < 1.29 is 18.3 Å². The Bertz CT molecular complexity index is 703. The van der Waals surface area contributed by atoms with Gasteiger partial charge in [-0.1, -0.05) is 12.1 Å². The molecule has 0 unspecified atom stereocenters. The van der Waals surface area contributed by atoms with Gasteiger partial charge >= 0.3 is 0 Å². The Kier molecular flexibility index (Phi) is 4.11. The maximum absolute atomic E-state index is 11.4. The van der Waals surface area contributed by atoms with Crippen LogP contribution >= 0.6 is 0 Å². The molecule has 0 aromatic heterocycles. The number of hydrogen-bond acceptors (Lipinski definition) is 4. The Labute approximate surface area is 118 Å². The molecule has 0 saturated carbocycles. The first kappa shape index (κ1) is 14.6. The van der Waals surface area contributed by atoms with Crippen molar-refractivity contribution in [3.63, 3.8) is 0 Å². The molecule has 2 aromatic carbocycles. The van der Waals surface area contributed by atoms with Gasteiger partial charge in [0.15, 0.2) is 9.84 Å². The highest BCUT2D eigenvalue weighted by molar-refractivity contribution is 7.90. The van der Waals surface area contributed by atoms with Gasteiger partial charge in [-0.2, -0.15) is 0 Å². The fourth-order valence-corrected chi connectivity index (χ4v) is 2.44. The van der Waals surface area contributed by atoms with Crippen molar-refractivity contribution in [2.75, 3.05) is 6.26 Å². The molecular formula is C15H16O4S. The highest BCUT2D eigenvalue weighted by atomic mass is 32.2. The lowest BCUT2D eigenvalue weighted by Crippen LogP contribution is -1.96. The van der Waals surface area contributed by atoms with Crippen molar-refractivity contribution in [2.24, 2.45) is 0 Å². The van der Waals surface area contributed by atoms with Gasteiger partial charge in [-0.05, 0) is 48.4 Å². The molecule has 0 aliphatic heterocycles. The second-order valence-corrected chi connectivity index (χ2v) is 6.62. The lowest BCUT2D eigenvalue weighted by molar-refractivity contribution is 0.281. The van der Waals surface area contributed by atoms with E-state index in [-0.39, 0.29) is 11.5 Å². The van der Waals surface area contributed by atoms with Crippen LogP contribution in [-0.2, 0) is 16.4 Å². The van der Waals surface area contributed by atoms with Crippen LogP contribution in [0.5, 0.6) is 11.5 Å². The summed E-state index contributed by atoms with van der Waals surface area (Å²) in [6, 6.07) is 11.7. The number of sulfone groups is 1. The summed E-state index contributed by atoms with van der Waals surface area (Å²) in [6.07, 6.45) is 1.17. The van der Waals surface area contributed by atoms with Crippen molar-refractivity contribution in [2.45, 2.75) is 18.4 Å². The summed E-state index contributed by atoms with van der Waals surface area (Å²) >= 11 is 0. The quantitative estimate of drug-likeness (QED) is 0.941. The van der Waals surface area contributed by atoms with Crippen LogP contribution in [0, 0.1) is 6.92 Å². The van der Waals surface area contributed by atoms with Crippen molar-refractivity contribution in [1.29, 1.82) is 0 Å². The second-order valence-electron chi connectivity index (χ2n) is 4.60. The van der Waals surface area contributed by atoms with Gasteiger partial charge in [-0.3, -0.25) is 0 Å². The van der Waals surface area contributed by atoms with E-state index in [2.05, 4.69) is 0 Å². The maximum atomic E-state index is 11.4. The Morgan fingerprint density at radius 1 is 1.10 bits per heavy atom. The van der Waals surface area contributed by atoms with Gasteiger partial charge in [0.05, 0.1) is 11.5 Å². The highest BCUT2D eigenvalue weighted by Gasteiger charge is 2.07. The summed E-state index contributed by atoms with van der Waals surface area (Å²) in [6.45, 7) is 1.88. The van der Waals surface area contributed by atoms with Crippen molar-refractivity contribution in [3.05, 3.63) is 53.6 Å². The van der Waals surface area contributed by atoms with Crippen LogP contribution in [0.3, 0.4) is 0 Å². The number of hydrogen-bond donors (Lipinski definition) is 1. The lowest BCUT2D eigenvalue weighted by atomic mass is 10.1. The number of aliphatic hydroxyl groups is 1. The zero-order valence-corrected chi connectivity index (χ0v) is 12.1. The van der Waals surface area contributed by atoms with Crippen LogP contribution in [-0.4, -0.2) is 19.8 Å².